The zero-order valence-corrected chi connectivity index (χ0v) is 22.5. The number of hydrogen-bond acceptors (Lipinski definition) is 9. The highest BCUT2D eigenvalue weighted by Crippen LogP contribution is 2.40. The molecule has 1 amide bonds. The van der Waals surface area contributed by atoms with E-state index in [1.165, 1.54) is 18.3 Å². The van der Waals surface area contributed by atoms with Gasteiger partial charge in [-0.25, -0.2) is 14.2 Å². The summed E-state index contributed by atoms with van der Waals surface area (Å²) in [5, 5.41) is 3.95. The van der Waals surface area contributed by atoms with Crippen LogP contribution in [-0.4, -0.2) is 66.0 Å². The summed E-state index contributed by atoms with van der Waals surface area (Å²) in [4.78, 5) is 38.2. The van der Waals surface area contributed by atoms with Gasteiger partial charge in [0.25, 0.3) is 5.91 Å². The quantitative estimate of drug-likeness (QED) is 0.386. The van der Waals surface area contributed by atoms with Crippen LogP contribution >= 0.6 is 34.5 Å². The molecule has 1 aliphatic rings. The van der Waals surface area contributed by atoms with Crippen LogP contribution in [0.2, 0.25) is 10.0 Å². The normalized spacial score (nSPS) is 17.5. The molecular weight excluding hydrogens is 548 g/mol. The highest BCUT2D eigenvalue weighted by Gasteiger charge is 2.34. The summed E-state index contributed by atoms with van der Waals surface area (Å²) in [7, 11) is 1.54. The van der Waals surface area contributed by atoms with E-state index >= 15 is 0 Å². The molecule has 14 heteroatoms. The van der Waals surface area contributed by atoms with Gasteiger partial charge in [0.1, 0.15) is 17.1 Å². The number of nitrogens with one attached hydrogen (secondary N) is 2. The highest BCUT2D eigenvalue weighted by atomic mass is 35.5. The number of nitrogens with zero attached hydrogens (tertiary/aromatic N) is 3. The molecule has 0 bridgehead atoms. The number of carbonyl (C=O) groups excluding carboxylic acids is 2. The third-order valence-corrected chi connectivity index (χ3v) is 7.68. The number of anilines is 1. The SMILES string of the molecule is CCOC(=O)Oc1sc(N2CC[C@@H](NC(=O)c3[nH]c(C)c(Cl)c3Cl)[C@@H](OC)C2)nc1-c1ncccc1F. The molecule has 1 saturated heterocycles. The second-order valence-corrected chi connectivity index (χ2v) is 9.79. The number of pyridine rings is 1. The molecule has 0 saturated carbocycles. The summed E-state index contributed by atoms with van der Waals surface area (Å²) in [6, 6.07) is 2.38. The minimum absolute atomic E-state index is 0.0495. The van der Waals surface area contributed by atoms with Gasteiger partial charge in [0, 0.05) is 32.1 Å². The topological polar surface area (TPSA) is 119 Å². The summed E-state index contributed by atoms with van der Waals surface area (Å²) in [5.41, 5.74) is 0.819. The summed E-state index contributed by atoms with van der Waals surface area (Å²) >= 11 is 13.3. The van der Waals surface area contributed by atoms with Gasteiger partial charge >= 0.3 is 6.16 Å². The molecule has 10 nitrogen and oxygen atoms in total. The van der Waals surface area contributed by atoms with Gasteiger partial charge in [-0.15, -0.1) is 0 Å². The maximum Gasteiger partial charge on any atom is 0.514 e. The van der Waals surface area contributed by atoms with Crippen LogP contribution in [0, 0.1) is 12.7 Å². The van der Waals surface area contributed by atoms with Crippen molar-refractivity contribution in [2.75, 3.05) is 31.7 Å². The third kappa shape index (κ3) is 5.82. The predicted octanol–water partition coefficient (Wildman–Crippen LogP) is 4.85. The maximum atomic E-state index is 14.5. The number of hydrogen-bond donors (Lipinski definition) is 2. The monoisotopic (exact) mass is 571 g/mol. The molecule has 0 radical (unpaired) electrons. The summed E-state index contributed by atoms with van der Waals surface area (Å²) in [5.74, 6) is -1.00. The van der Waals surface area contributed by atoms with Crippen molar-refractivity contribution in [1.29, 1.82) is 0 Å². The molecule has 198 valence electrons. The standard InChI is InChI=1S/C23H24Cl2FN5O5S/c1-4-35-23(33)36-21-19(17-12(26)6-5-8-27-17)30-22(37-21)31-9-7-13(14(10-31)34-3)29-20(32)18-16(25)15(24)11(2)28-18/h5-6,8,13-14,28H,4,7,9-10H2,1-3H3,(H,29,32)/t13-,14+/m1/s1. The lowest BCUT2D eigenvalue weighted by molar-refractivity contribution is 0.0540. The number of thiazole rings is 1. The summed E-state index contributed by atoms with van der Waals surface area (Å²) in [6.45, 7) is 4.33. The Hall–Kier alpha value is -2.93. The van der Waals surface area contributed by atoms with Gasteiger partial charge in [-0.05, 0) is 32.4 Å². The molecule has 4 heterocycles. The number of carbonyl (C=O) groups is 2. The Labute approximate surface area is 226 Å². The molecule has 2 N–H and O–H groups in total. The first kappa shape index (κ1) is 27.1. The fourth-order valence-electron chi connectivity index (χ4n) is 3.90. The molecule has 1 fully saturated rings. The van der Waals surface area contributed by atoms with Gasteiger partial charge < -0.3 is 29.4 Å². The average molecular weight is 572 g/mol. The van der Waals surface area contributed by atoms with Crippen molar-refractivity contribution >= 4 is 51.7 Å². The number of methoxy groups -OCH3 is 1. The van der Waals surface area contributed by atoms with Crippen molar-refractivity contribution in [3.8, 4) is 16.5 Å². The zero-order chi connectivity index (χ0) is 26.7. The molecule has 2 atom stereocenters. The number of ether oxygens (including phenoxy) is 3. The minimum Gasteiger partial charge on any atom is -0.434 e. The number of halogens is 3. The van der Waals surface area contributed by atoms with Gasteiger partial charge in [0.05, 0.1) is 28.8 Å². The lowest BCUT2D eigenvalue weighted by atomic mass is 10.0. The van der Waals surface area contributed by atoms with Crippen LogP contribution in [0.25, 0.3) is 11.4 Å². The lowest BCUT2D eigenvalue weighted by Crippen LogP contribution is -2.55. The van der Waals surface area contributed by atoms with Crippen LogP contribution in [0.4, 0.5) is 14.3 Å². The zero-order valence-electron chi connectivity index (χ0n) is 20.1. The van der Waals surface area contributed by atoms with E-state index in [0.29, 0.717) is 35.4 Å². The van der Waals surface area contributed by atoms with Crippen LogP contribution in [0.1, 0.15) is 29.5 Å². The Morgan fingerprint density at radius 2 is 2.11 bits per heavy atom. The molecule has 0 aliphatic carbocycles. The Morgan fingerprint density at radius 3 is 2.76 bits per heavy atom. The Morgan fingerprint density at radius 1 is 1.32 bits per heavy atom. The number of amides is 1. The molecule has 37 heavy (non-hydrogen) atoms. The molecule has 0 spiro atoms. The molecular formula is C23H24Cl2FN5O5S. The molecule has 3 aromatic heterocycles. The number of aromatic nitrogens is 3. The largest absolute Gasteiger partial charge is 0.514 e. The molecule has 0 aromatic carbocycles. The van der Waals surface area contributed by atoms with E-state index in [9.17, 15) is 14.0 Å². The Kier molecular flexibility index (Phi) is 8.53. The fourth-order valence-corrected chi connectivity index (χ4v) is 5.26. The second kappa shape index (κ2) is 11.6. The van der Waals surface area contributed by atoms with E-state index in [0.717, 1.165) is 11.3 Å². The van der Waals surface area contributed by atoms with Gasteiger partial charge in [0.15, 0.2) is 10.9 Å². The van der Waals surface area contributed by atoms with Crippen LogP contribution in [-0.2, 0) is 9.47 Å². The predicted molar refractivity (Wildman–Crippen MR) is 137 cm³/mol. The third-order valence-electron chi connectivity index (χ3n) is 5.74. The highest BCUT2D eigenvalue weighted by molar-refractivity contribution is 7.18. The van der Waals surface area contributed by atoms with Crippen molar-refractivity contribution in [3.05, 3.63) is 45.6 Å². The maximum absolute atomic E-state index is 14.5. The van der Waals surface area contributed by atoms with Crippen molar-refractivity contribution in [1.82, 2.24) is 20.3 Å². The first-order valence-electron chi connectivity index (χ1n) is 11.3. The average Bonchev–Trinajstić information content (AvgIpc) is 3.40. The molecule has 1 aliphatic heterocycles. The van der Waals surface area contributed by atoms with Crippen LogP contribution < -0.4 is 15.0 Å². The number of piperidine rings is 1. The first-order chi connectivity index (χ1) is 17.7. The summed E-state index contributed by atoms with van der Waals surface area (Å²) in [6.07, 6.45) is 0.600. The molecule has 3 aromatic rings. The van der Waals surface area contributed by atoms with Crippen molar-refractivity contribution < 1.29 is 28.2 Å². The van der Waals surface area contributed by atoms with Crippen molar-refractivity contribution in [2.24, 2.45) is 0 Å². The first-order valence-corrected chi connectivity index (χ1v) is 12.9. The smallest absolute Gasteiger partial charge is 0.434 e. The number of rotatable bonds is 7. The Bertz CT molecular complexity index is 1300. The van der Waals surface area contributed by atoms with Crippen LogP contribution in [0.15, 0.2) is 18.3 Å². The van der Waals surface area contributed by atoms with E-state index in [1.807, 2.05) is 4.90 Å². The molecule has 0 unspecified atom stereocenters. The van der Waals surface area contributed by atoms with E-state index in [1.54, 1.807) is 21.0 Å². The van der Waals surface area contributed by atoms with E-state index in [2.05, 4.69) is 20.3 Å². The van der Waals surface area contributed by atoms with Gasteiger partial charge in [0.2, 0.25) is 5.06 Å². The van der Waals surface area contributed by atoms with E-state index in [-0.39, 0.29) is 39.8 Å². The number of aryl methyl sites for hydroxylation is 1. The van der Waals surface area contributed by atoms with Crippen LogP contribution in [0.3, 0.4) is 0 Å². The van der Waals surface area contributed by atoms with E-state index < -0.39 is 24.0 Å². The van der Waals surface area contributed by atoms with Gasteiger partial charge in [-0.3, -0.25) is 9.78 Å². The minimum atomic E-state index is -0.926. The van der Waals surface area contributed by atoms with Gasteiger partial charge in [-0.1, -0.05) is 34.5 Å². The lowest BCUT2D eigenvalue weighted by Gasteiger charge is -2.37. The van der Waals surface area contributed by atoms with Crippen LogP contribution in [0.5, 0.6) is 5.06 Å². The van der Waals surface area contributed by atoms with E-state index in [4.69, 9.17) is 37.4 Å². The molecule has 4 rings (SSSR count). The Balaban J connectivity index is 1.54. The fraction of sp³-hybridized carbons (Fsp3) is 0.391. The second-order valence-electron chi connectivity index (χ2n) is 8.09. The number of aromatic amines is 1. The van der Waals surface area contributed by atoms with Gasteiger partial charge in [-0.2, -0.15) is 0 Å². The van der Waals surface area contributed by atoms with Crippen molar-refractivity contribution in [3.63, 3.8) is 0 Å². The van der Waals surface area contributed by atoms with Crippen molar-refractivity contribution in [2.45, 2.75) is 32.4 Å². The number of H-pyrrole nitrogens is 1. The summed E-state index contributed by atoms with van der Waals surface area (Å²) < 4.78 is 30.4.